The van der Waals surface area contributed by atoms with Crippen LogP contribution in [0.5, 0.6) is 0 Å². The minimum atomic E-state index is -3.44. The summed E-state index contributed by atoms with van der Waals surface area (Å²) in [5.41, 5.74) is 1.72. The fourth-order valence-corrected chi connectivity index (χ4v) is 12.3. The van der Waals surface area contributed by atoms with Crippen LogP contribution in [0.4, 0.5) is 4.79 Å². The van der Waals surface area contributed by atoms with E-state index in [9.17, 15) is 18.0 Å². The molecular weight excluding hydrogens is 679 g/mol. The number of carbonyl (C=O) groups excluding carboxylic acids is 2. The zero-order valence-corrected chi connectivity index (χ0v) is 29.3. The van der Waals surface area contributed by atoms with Crippen LogP contribution in [-0.4, -0.2) is 71.5 Å². The molecular formula is C35H41Cl3N4O4S. The lowest BCUT2D eigenvalue weighted by Gasteiger charge is -2.38. The molecule has 8 nitrogen and oxygen atoms in total. The molecule has 3 aliphatic carbocycles. The summed E-state index contributed by atoms with van der Waals surface area (Å²) < 4.78 is 28.8. The van der Waals surface area contributed by atoms with Gasteiger partial charge >= 0.3 is 6.03 Å². The van der Waals surface area contributed by atoms with Crippen molar-refractivity contribution < 1.29 is 18.0 Å². The number of fused-ring (bicyclic) bond motifs is 1. The Kier molecular flexibility index (Phi) is 9.55. The summed E-state index contributed by atoms with van der Waals surface area (Å²) in [5.74, 6) is 0.321. The zero-order valence-electron chi connectivity index (χ0n) is 26.2. The number of urea groups is 1. The molecule has 1 N–H and O–H groups in total. The van der Waals surface area contributed by atoms with Gasteiger partial charge in [0.05, 0.1) is 16.5 Å². The second-order valence-electron chi connectivity index (χ2n) is 13.9. The van der Waals surface area contributed by atoms with Gasteiger partial charge in [-0.15, -0.1) is 11.6 Å². The molecule has 0 radical (unpaired) electrons. The van der Waals surface area contributed by atoms with Crippen LogP contribution < -0.4 is 5.32 Å². The van der Waals surface area contributed by atoms with Gasteiger partial charge in [-0.3, -0.25) is 14.7 Å². The highest BCUT2D eigenvalue weighted by atomic mass is 35.5. The number of nitrogens with zero attached hydrogens (tertiary/aromatic N) is 3. The highest BCUT2D eigenvalue weighted by molar-refractivity contribution is 7.92. The quantitative estimate of drug-likeness (QED) is 0.331. The number of sulfone groups is 1. The molecule has 4 fully saturated rings. The van der Waals surface area contributed by atoms with E-state index in [1.807, 2.05) is 48.5 Å². The predicted molar refractivity (Wildman–Crippen MR) is 186 cm³/mol. The molecule has 3 amide bonds. The summed E-state index contributed by atoms with van der Waals surface area (Å²) in [4.78, 5) is 36.0. The first-order valence-electron chi connectivity index (χ1n) is 16.9. The van der Waals surface area contributed by atoms with E-state index in [1.54, 1.807) is 9.80 Å². The third kappa shape index (κ3) is 6.42. The molecule has 252 valence electrons. The minimum Gasteiger partial charge on any atom is -0.353 e. The molecule has 1 saturated heterocycles. The van der Waals surface area contributed by atoms with Gasteiger partial charge in [0.25, 0.3) is 0 Å². The van der Waals surface area contributed by atoms with Crippen LogP contribution in [0.3, 0.4) is 0 Å². The molecule has 7 rings (SSSR count). The maximum atomic E-state index is 14.7. The van der Waals surface area contributed by atoms with E-state index in [0.717, 1.165) is 49.7 Å². The first-order valence-corrected chi connectivity index (χ1v) is 19.7. The van der Waals surface area contributed by atoms with Gasteiger partial charge in [-0.25, -0.2) is 13.2 Å². The topological polar surface area (TPSA) is 99.2 Å². The molecule has 0 spiro atoms. The van der Waals surface area contributed by atoms with Crippen LogP contribution in [0.2, 0.25) is 10.0 Å². The summed E-state index contributed by atoms with van der Waals surface area (Å²) in [6, 6.07) is 13.7. The number of amidine groups is 1. The van der Waals surface area contributed by atoms with Crippen molar-refractivity contribution in [2.45, 2.75) is 85.7 Å². The van der Waals surface area contributed by atoms with Gasteiger partial charge in [0.1, 0.15) is 18.4 Å². The molecule has 2 aromatic carbocycles. The van der Waals surface area contributed by atoms with Crippen molar-refractivity contribution in [1.82, 2.24) is 15.1 Å². The third-order valence-electron chi connectivity index (χ3n) is 11.2. The number of carbonyl (C=O) groups is 2. The molecule has 2 heterocycles. The average molecular weight is 720 g/mol. The van der Waals surface area contributed by atoms with Gasteiger partial charge in [-0.1, -0.05) is 60.3 Å². The van der Waals surface area contributed by atoms with Gasteiger partial charge in [-0.2, -0.15) is 0 Å². The highest BCUT2D eigenvalue weighted by Crippen LogP contribution is 2.54. The summed E-state index contributed by atoms with van der Waals surface area (Å²) in [7, 11) is -3.44. The van der Waals surface area contributed by atoms with Crippen molar-refractivity contribution in [2.75, 3.05) is 19.6 Å². The molecule has 6 unspecified atom stereocenters. The smallest absolute Gasteiger partial charge is 0.326 e. The minimum absolute atomic E-state index is 0.0205. The van der Waals surface area contributed by atoms with E-state index in [1.165, 1.54) is 0 Å². The van der Waals surface area contributed by atoms with Gasteiger partial charge in [0, 0.05) is 34.4 Å². The largest absolute Gasteiger partial charge is 0.353 e. The second kappa shape index (κ2) is 13.5. The van der Waals surface area contributed by atoms with Crippen molar-refractivity contribution in [3.05, 3.63) is 69.7 Å². The van der Waals surface area contributed by atoms with Crippen LogP contribution in [0.1, 0.15) is 81.0 Å². The standard InChI is InChI=1S/C35H41Cl3N4O4S/c36-23-10-8-21(9-11-23)33-32(22-4-3-5-25(38)18-22)40-34(42(33)35(44)41-17-16-39-31(43)20-41)29-19-30(28-7-2-1-6-27(28)29)47(45,46)26-14-12-24(37)13-15-26/h3-5,8-11,18,24,26-30,32-33H,1-2,6-7,12-17,19-20H2,(H,39,43). The third-order valence-corrected chi connectivity index (χ3v) is 14.9. The predicted octanol–water partition coefficient (Wildman–Crippen LogP) is 7.20. The number of piperazine rings is 1. The number of aliphatic imine (C=N–C) groups is 1. The van der Waals surface area contributed by atoms with Crippen LogP contribution >= 0.6 is 34.8 Å². The Balaban J connectivity index is 1.33. The summed E-state index contributed by atoms with van der Waals surface area (Å²) in [5, 5.41) is 3.15. The monoisotopic (exact) mass is 718 g/mol. The summed E-state index contributed by atoms with van der Waals surface area (Å²) in [6.45, 7) is 0.697. The summed E-state index contributed by atoms with van der Waals surface area (Å²) >= 11 is 19.2. The molecule has 47 heavy (non-hydrogen) atoms. The molecule has 6 atom stereocenters. The summed E-state index contributed by atoms with van der Waals surface area (Å²) in [6.07, 6.45) is 6.88. The molecule has 12 heteroatoms. The Bertz CT molecular complexity index is 1650. The maximum absolute atomic E-state index is 14.7. The van der Waals surface area contributed by atoms with Gasteiger partial charge in [0.2, 0.25) is 5.91 Å². The fraction of sp³-hybridized carbons (Fsp3) is 0.571. The van der Waals surface area contributed by atoms with E-state index in [0.29, 0.717) is 48.2 Å². The lowest BCUT2D eigenvalue weighted by molar-refractivity contribution is -0.123. The molecule has 2 aromatic rings. The Labute approximate surface area is 292 Å². The molecule has 3 saturated carbocycles. The normalized spacial score (nSPS) is 32.9. The van der Waals surface area contributed by atoms with Crippen LogP contribution in [0.25, 0.3) is 0 Å². The Morgan fingerprint density at radius 3 is 2.32 bits per heavy atom. The number of rotatable bonds is 5. The lowest BCUT2D eigenvalue weighted by Crippen LogP contribution is -2.56. The van der Waals surface area contributed by atoms with E-state index in [2.05, 4.69) is 5.32 Å². The van der Waals surface area contributed by atoms with Crippen LogP contribution in [-0.2, 0) is 14.6 Å². The molecule has 2 aliphatic heterocycles. The number of alkyl halides is 1. The van der Waals surface area contributed by atoms with Crippen molar-refractivity contribution in [1.29, 1.82) is 0 Å². The number of halogens is 3. The Morgan fingerprint density at radius 2 is 1.62 bits per heavy atom. The van der Waals surface area contributed by atoms with E-state index >= 15 is 0 Å². The van der Waals surface area contributed by atoms with Crippen molar-refractivity contribution in [3.8, 4) is 0 Å². The van der Waals surface area contributed by atoms with Crippen molar-refractivity contribution >= 4 is 62.4 Å². The van der Waals surface area contributed by atoms with Crippen LogP contribution in [0, 0.1) is 17.8 Å². The molecule has 0 bridgehead atoms. The number of amides is 3. The Morgan fingerprint density at radius 1 is 0.894 bits per heavy atom. The number of hydrogen-bond acceptors (Lipinski definition) is 5. The first kappa shape index (κ1) is 33.2. The van der Waals surface area contributed by atoms with Crippen LogP contribution in [0.15, 0.2) is 53.5 Å². The van der Waals surface area contributed by atoms with Crippen molar-refractivity contribution in [3.63, 3.8) is 0 Å². The first-order chi connectivity index (χ1) is 22.6. The lowest BCUT2D eigenvalue weighted by atomic mass is 9.77. The van der Waals surface area contributed by atoms with Gasteiger partial charge in [-0.05, 0) is 92.2 Å². The Hall–Kier alpha value is -2.33. The molecule has 5 aliphatic rings. The highest BCUT2D eigenvalue weighted by Gasteiger charge is 2.56. The fourth-order valence-electron chi connectivity index (χ4n) is 8.97. The molecule has 0 aromatic heterocycles. The zero-order chi connectivity index (χ0) is 32.9. The van der Waals surface area contributed by atoms with E-state index < -0.39 is 27.2 Å². The average Bonchev–Trinajstić information content (AvgIpc) is 3.65. The van der Waals surface area contributed by atoms with E-state index in [4.69, 9.17) is 39.8 Å². The SMILES string of the molecule is O=C1CN(C(=O)N2C(C3CC(S(=O)(=O)C4CCC(Cl)CC4)C4CCCCC34)=NC(c3cccc(Cl)c3)C2c2ccc(Cl)cc2)CCN1. The maximum Gasteiger partial charge on any atom is 0.326 e. The number of benzene rings is 2. The number of nitrogens with one attached hydrogen (secondary N) is 1. The van der Waals surface area contributed by atoms with Crippen molar-refractivity contribution in [2.24, 2.45) is 22.7 Å². The number of hydrogen-bond donors (Lipinski definition) is 1. The van der Waals surface area contributed by atoms with Gasteiger partial charge in [0.15, 0.2) is 9.84 Å². The van der Waals surface area contributed by atoms with E-state index in [-0.39, 0.29) is 46.9 Å². The van der Waals surface area contributed by atoms with Gasteiger partial charge < -0.3 is 10.2 Å². The second-order valence-corrected chi connectivity index (χ2v) is 17.8.